The number of halogens is 4. The summed E-state index contributed by atoms with van der Waals surface area (Å²) < 4.78 is 61.2. The van der Waals surface area contributed by atoms with Crippen LogP contribution in [0.3, 0.4) is 0 Å². The van der Waals surface area contributed by atoms with Crippen molar-refractivity contribution < 1.29 is 31.9 Å². The number of hydrogen-bond donors (Lipinski definition) is 1. The van der Waals surface area contributed by atoms with Crippen molar-refractivity contribution in [2.24, 2.45) is 0 Å². The first-order valence-corrected chi connectivity index (χ1v) is 11.3. The fourth-order valence-corrected chi connectivity index (χ4v) is 4.64. The van der Waals surface area contributed by atoms with E-state index in [1.807, 2.05) is 6.92 Å². The molecule has 2 aromatic rings. The number of carbonyl (C=O) groups excluding carboxylic acids is 2. The Morgan fingerprint density at radius 3 is 2.74 bits per heavy atom. The van der Waals surface area contributed by atoms with Crippen LogP contribution in [0.4, 0.5) is 17.6 Å². The SMILES string of the molecule is CC[C@@H](NC(=O)c1cc(C(=O)N2CCC[C@@H]2C)n2c1COCC2)c1ccnc(C(F)(F)F)c1F. The first kappa shape index (κ1) is 24.2. The largest absolute Gasteiger partial charge is 0.436 e. The number of ether oxygens (including phenoxy) is 1. The second-order valence-corrected chi connectivity index (χ2v) is 8.58. The minimum absolute atomic E-state index is 0.0951. The Morgan fingerprint density at radius 1 is 1.32 bits per heavy atom. The Morgan fingerprint density at radius 2 is 2.09 bits per heavy atom. The molecule has 11 heteroatoms. The second kappa shape index (κ2) is 9.36. The Labute approximate surface area is 194 Å². The smallest absolute Gasteiger partial charge is 0.373 e. The summed E-state index contributed by atoms with van der Waals surface area (Å²) in [6.07, 6.45) is -2.12. The van der Waals surface area contributed by atoms with Crippen molar-refractivity contribution in [3.05, 3.63) is 52.4 Å². The van der Waals surface area contributed by atoms with Crippen LogP contribution in [0, 0.1) is 5.82 Å². The van der Waals surface area contributed by atoms with Crippen LogP contribution in [0.1, 0.15) is 76.9 Å². The average Bonchev–Trinajstić information content (AvgIpc) is 3.40. The number of nitrogens with one attached hydrogen (secondary N) is 1. The molecule has 0 radical (unpaired) electrons. The van der Waals surface area contributed by atoms with Gasteiger partial charge in [-0.1, -0.05) is 6.92 Å². The third kappa shape index (κ3) is 4.40. The van der Waals surface area contributed by atoms with Crippen LogP contribution < -0.4 is 5.32 Å². The minimum Gasteiger partial charge on any atom is -0.373 e. The van der Waals surface area contributed by atoms with Gasteiger partial charge in [-0.25, -0.2) is 9.37 Å². The highest BCUT2D eigenvalue weighted by molar-refractivity contribution is 6.01. The van der Waals surface area contributed by atoms with Crippen molar-refractivity contribution in [3.63, 3.8) is 0 Å². The van der Waals surface area contributed by atoms with E-state index >= 15 is 0 Å². The zero-order chi connectivity index (χ0) is 24.6. The number of pyridine rings is 1. The van der Waals surface area contributed by atoms with Crippen LogP contribution in [0.5, 0.6) is 0 Å². The molecule has 184 valence electrons. The van der Waals surface area contributed by atoms with Crippen LogP contribution in [-0.2, 0) is 24.1 Å². The van der Waals surface area contributed by atoms with Crippen LogP contribution in [0.15, 0.2) is 18.3 Å². The van der Waals surface area contributed by atoms with Gasteiger partial charge >= 0.3 is 6.18 Å². The lowest BCUT2D eigenvalue weighted by Gasteiger charge is -2.24. The molecule has 0 aliphatic carbocycles. The molecule has 4 heterocycles. The standard InChI is InChI=1S/C23H26F4N4O3/c1-3-16(14-6-7-28-20(19(14)24)23(25,26)27)29-21(32)15-11-17(31-9-10-34-12-18(15)31)22(33)30-8-4-5-13(30)2/h6-7,11,13,16H,3-5,8-10,12H2,1-2H3,(H,29,32)/t13-,16+/m0/s1. The first-order valence-electron chi connectivity index (χ1n) is 11.3. The van der Waals surface area contributed by atoms with E-state index in [-0.39, 0.29) is 36.1 Å². The topological polar surface area (TPSA) is 76.5 Å². The number of nitrogens with zero attached hydrogens (tertiary/aromatic N) is 3. The molecule has 34 heavy (non-hydrogen) atoms. The van der Waals surface area contributed by atoms with Crippen molar-refractivity contribution >= 4 is 11.8 Å². The molecule has 4 rings (SSSR count). The van der Waals surface area contributed by atoms with E-state index in [4.69, 9.17) is 4.74 Å². The fourth-order valence-electron chi connectivity index (χ4n) is 4.64. The average molecular weight is 482 g/mol. The number of rotatable bonds is 5. The molecule has 0 spiro atoms. The summed E-state index contributed by atoms with van der Waals surface area (Å²) in [5.74, 6) is -2.29. The molecule has 0 unspecified atom stereocenters. The molecule has 0 bridgehead atoms. The molecular formula is C23H26F4N4O3. The van der Waals surface area contributed by atoms with Gasteiger partial charge in [-0.2, -0.15) is 13.2 Å². The van der Waals surface area contributed by atoms with Gasteiger partial charge in [-0.3, -0.25) is 9.59 Å². The zero-order valence-electron chi connectivity index (χ0n) is 18.9. The van der Waals surface area contributed by atoms with Gasteiger partial charge in [0, 0.05) is 30.9 Å². The molecule has 1 fully saturated rings. The number of alkyl halides is 3. The monoisotopic (exact) mass is 482 g/mol. The van der Waals surface area contributed by atoms with Crippen molar-refractivity contribution in [2.75, 3.05) is 13.2 Å². The lowest BCUT2D eigenvalue weighted by Crippen LogP contribution is -2.35. The molecular weight excluding hydrogens is 456 g/mol. The van der Waals surface area contributed by atoms with Crippen LogP contribution in [0.25, 0.3) is 0 Å². The highest BCUT2D eigenvalue weighted by atomic mass is 19.4. The highest BCUT2D eigenvalue weighted by Gasteiger charge is 2.38. The Balaban J connectivity index is 1.64. The van der Waals surface area contributed by atoms with Gasteiger partial charge in [0.2, 0.25) is 0 Å². The number of fused-ring (bicyclic) bond motifs is 1. The van der Waals surface area contributed by atoms with Gasteiger partial charge in [0.15, 0.2) is 11.5 Å². The summed E-state index contributed by atoms with van der Waals surface area (Å²) in [7, 11) is 0. The van der Waals surface area contributed by atoms with E-state index < -0.39 is 29.6 Å². The van der Waals surface area contributed by atoms with Crippen molar-refractivity contribution in [1.82, 2.24) is 19.8 Å². The van der Waals surface area contributed by atoms with Gasteiger partial charge in [-0.05, 0) is 38.3 Å². The predicted octanol–water partition coefficient (Wildman–Crippen LogP) is 4.08. The molecule has 7 nitrogen and oxygen atoms in total. The van der Waals surface area contributed by atoms with E-state index in [2.05, 4.69) is 10.3 Å². The number of hydrogen-bond acceptors (Lipinski definition) is 4. The molecule has 0 saturated carbocycles. The van der Waals surface area contributed by atoms with E-state index in [0.717, 1.165) is 25.1 Å². The minimum atomic E-state index is -4.96. The van der Waals surface area contributed by atoms with Gasteiger partial charge in [-0.15, -0.1) is 0 Å². The summed E-state index contributed by atoms with van der Waals surface area (Å²) in [6, 6.07) is 1.71. The third-order valence-electron chi connectivity index (χ3n) is 6.46. The fraction of sp³-hybridized carbons (Fsp3) is 0.522. The van der Waals surface area contributed by atoms with Crippen molar-refractivity contribution in [3.8, 4) is 0 Å². The van der Waals surface area contributed by atoms with Gasteiger partial charge in [0.1, 0.15) is 5.69 Å². The molecule has 1 N–H and O–H groups in total. The van der Waals surface area contributed by atoms with Crippen LogP contribution >= 0.6 is 0 Å². The highest BCUT2D eigenvalue weighted by Crippen LogP contribution is 2.33. The quantitative estimate of drug-likeness (QED) is 0.652. The number of likely N-dealkylation sites (tertiary alicyclic amines) is 1. The molecule has 2 aromatic heterocycles. The maximum atomic E-state index is 14.6. The van der Waals surface area contributed by atoms with E-state index in [0.29, 0.717) is 31.1 Å². The summed E-state index contributed by atoms with van der Waals surface area (Å²) >= 11 is 0. The number of amides is 2. The second-order valence-electron chi connectivity index (χ2n) is 8.58. The Hall–Kier alpha value is -2.95. The normalized spacial score (nSPS) is 19.1. The van der Waals surface area contributed by atoms with E-state index in [1.165, 1.54) is 6.07 Å². The van der Waals surface area contributed by atoms with E-state index in [1.54, 1.807) is 16.4 Å². The number of carbonyl (C=O) groups is 2. The zero-order valence-corrected chi connectivity index (χ0v) is 18.9. The summed E-state index contributed by atoms with van der Waals surface area (Å²) in [5.41, 5.74) is -0.844. The maximum absolute atomic E-state index is 14.6. The van der Waals surface area contributed by atoms with Crippen LogP contribution in [-0.4, -0.2) is 45.5 Å². The summed E-state index contributed by atoms with van der Waals surface area (Å²) in [6.45, 7) is 5.14. The third-order valence-corrected chi connectivity index (χ3v) is 6.46. The molecule has 2 amide bonds. The number of aromatic nitrogens is 2. The Kier molecular flexibility index (Phi) is 6.66. The van der Waals surface area contributed by atoms with Crippen molar-refractivity contribution in [2.45, 2.75) is 64.5 Å². The van der Waals surface area contributed by atoms with Crippen LogP contribution in [0.2, 0.25) is 0 Å². The lowest BCUT2D eigenvalue weighted by molar-refractivity contribution is -0.143. The van der Waals surface area contributed by atoms with Gasteiger partial charge in [0.25, 0.3) is 11.8 Å². The lowest BCUT2D eigenvalue weighted by atomic mass is 10.0. The van der Waals surface area contributed by atoms with E-state index in [9.17, 15) is 27.2 Å². The van der Waals surface area contributed by atoms with Crippen molar-refractivity contribution in [1.29, 1.82) is 0 Å². The Bertz CT molecular complexity index is 1100. The molecule has 2 atom stereocenters. The molecule has 2 aliphatic heterocycles. The molecule has 2 aliphatic rings. The van der Waals surface area contributed by atoms with Gasteiger partial charge < -0.3 is 19.5 Å². The maximum Gasteiger partial charge on any atom is 0.436 e. The summed E-state index contributed by atoms with van der Waals surface area (Å²) in [4.78, 5) is 31.3. The molecule has 0 aromatic carbocycles. The first-order chi connectivity index (χ1) is 16.1. The molecule has 1 saturated heterocycles. The predicted molar refractivity (Wildman–Crippen MR) is 114 cm³/mol. The summed E-state index contributed by atoms with van der Waals surface area (Å²) in [5, 5.41) is 2.63. The van der Waals surface area contributed by atoms with Gasteiger partial charge in [0.05, 0.1) is 30.5 Å².